The van der Waals surface area contributed by atoms with E-state index in [-0.39, 0.29) is 17.9 Å². The summed E-state index contributed by atoms with van der Waals surface area (Å²) >= 11 is 0. The van der Waals surface area contributed by atoms with Crippen LogP contribution < -0.4 is 0 Å². The van der Waals surface area contributed by atoms with Crippen LogP contribution in [-0.4, -0.2) is 22.8 Å². The molecule has 0 N–H and O–H groups in total. The molecule has 3 nitrogen and oxygen atoms in total. The molecule has 0 saturated heterocycles. The van der Waals surface area contributed by atoms with Gasteiger partial charge >= 0.3 is 0 Å². The van der Waals surface area contributed by atoms with Gasteiger partial charge in [0.05, 0.1) is 6.04 Å². The second-order valence-electron chi connectivity index (χ2n) is 5.67. The zero-order valence-electron chi connectivity index (χ0n) is 12.0. The molecule has 3 rings (SSSR count). The Balaban J connectivity index is 1.93. The van der Waals surface area contributed by atoms with Crippen molar-refractivity contribution in [2.45, 2.75) is 45.6 Å². The smallest absolute Gasteiger partial charge is 0.261 e. The Kier molecular flexibility index (Phi) is 3.20. The van der Waals surface area contributed by atoms with E-state index in [0.717, 1.165) is 24.8 Å². The minimum atomic E-state index is -0.175. The molecule has 0 bridgehead atoms. The van der Waals surface area contributed by atoms with Crippen LogP contribution in [0.25, 0.3) is 0 Å². The Hall–Kier alpha value is -1.90. The van der Waals surface area contributed by atoms with Crippen LogP contribution in [-0.2, 0) is 9.59 Å². The topological polar surface area (TPSA) is 37.4 Å². The molecule has 0 aromatic carbocycles. The normalized spacial score (nSPS) is 23.8. The summed E-state index contributed by atoms with van der Waals surface area (Å²) in [7, 11) is 0. The first kappa shape index (κ1) is 13.1. The van der Waals surface area contributed by atoms with Gasteiger partial charge in [-0.2, -0.15) is 0 Å². The SMILES string of the molecule is CC1=C([C@H](C)N2C(=O)C3=C(CCC=C3)C2=O)C=CCC1. The first-order valence-electron chi connectivity index (χ1n) is 7.25. The van der Waals surface area contributed by atoms with Gasteiger partial charge in [0.25, 0.3) is 11.8 Å². The van der Waals surface area contributed by atoms with E-state index in [1.807, 2.05) is 19.1 Å². The van der Waals surface area contributed by atoms with Crippen molar-refractivity contribution < 1.29 is 9.59 Å². The van der Waals surface area contributed by atoms with E-state index in [0.29, 0.717) is 17.6 Å². The fraction of sp³-hybridized carbons (Fsp3) is 0.412. The highest BCUT2D eigenvalue weighted by atomic mass is 16.2. The molecule has 3 heteroatoms. The van der Waals surface area contributed by atoms with E-state index in [2.05, 4.69) is 19.1 Å². The highest BCUT2D eigenvalue weighted by molar-refractivity contribution is 6.21. The van der Waals surface area contributed by atoms with E-state index in [1.165, 1.54) is 10.5 Å². The number of hydrogen-bond acceptors (Lipinski definition) is 2. The molecule has 1 aliphatic heterocycles. The van der Waals surface area contributed by atoms with Gasteiger partial charge in [0.2, 0.25) is 0 Å². The maximum atomic E-state index is 12.5. The molecule has 1 atom stereocenters. The molecule has 0 spiro atoms. The molecule has 104 valence electrons. The molecule has 20 heavy (non-hydrogen) atoms. The lowest BCUT2D eigenvalue weighted by Crippen LogP contribution is -2.40. The quantitative estimate of drug-likeness (QED) is 0.722. The molecule has 0 fully saturated rings. The van der Waals surface area contributed by atoms with Gasteiger partial charge in [-0.15, -0.1) is 0 Å². The van der Waals surface area contributed by atoms with E-state index in [4.69, 9.17) is 0 Å². The average molecular weight is 269 g/mol. The maximum absolute atomic E-state index is 12.5. The summed E-state index contributed by atoms with van der Waals surface area (Å²) in [5, 5.41) is 0. The largest absolute Gasteiger partial charge is 0.269 e. The summed E-state index contributed by atoms with van der Waals surface area (Å²) in [6.45, 7) is 4.04. The highest BCUT2D eigenvalue weighted by Crippen LogP contribution is 2.33. The van der Waals surface area contributed by atoms with Crippen LogP contribution in [0.2, 0.25) is 0 Å². The lowest BCUT2D eigenvalue weighted by molar-refractivity contribution is -0.138. The summed E-state index contributed by atoms with van der Waals surface area (Å²) < 4.78 is 0. The third-order valence-corrected chi connectivity index (χ3v) is 4.41. The van der Waals surface area contributed by atoms with E-state index in [1.54, 1.807) is 0 Å². The van der Waals surface area contributed by atoms with E-state index in [9.17, 15) is 9.59 Å². The van der Waals surface area contributed by atoms with Gasteiger partial charge in [0.1, 0.15) is 0 Å². The van der Waals surface area contributed by atoms with Crippen molar-refractivity contribution in [2.75, 3.05) is 0 Å². The standard InChI is InChI=1S/C17H19NO2/c1-11-7-3-4-8-13(11)12(2)18-16(19)14-9-5-6-10-15(14)17(18)20/h4-5,8-9,12H,3,6-7,10H2,1-2H3/t12-/m0/s1. The number of nitrogens with zero attached hydrogens (tertiary/aromatic N) is 1. The molecule has 2 aliphatic carbocycles. The maximum Gasteiger partial charge on any atom is 0.261 e. The molecule has 0 radical (unpaired) electrons. The summed E-state index contributed by atoms with van der Waals surface area (Å²) in [5.74, 6) is -0.228. The van der Waals surface area contributed by atoms with Crippen molar-refractivity contribution in [3.8, 4) is 0 Å². The molecular weight excluding hydrogens is 250 g/mol. The average Bonchev–Trinajstić information content (AvgIpc) is 2.71. The number of carbonyl (C=O) groups is 2. The number of amides is 2. The molecule has 0 aromatic heterocycles. The monoisotopic (exact) mass is 269 g/mol. The van der Waals surface area contributed by atoms with Crippen molar-refractivity contribution in [1.29, 1.82) is 0 Å². The van der Waals surface area contributed by atoms with Crippen molar-refractivity contribution in [3.05, 3.63) is 46.6 Å². The zero-order valence-corrected chi connectivity index (χ0v) is 12.0. The van der Waals surface area contributed by atoms with E-state index >= 15 is 0 Å². The number of allylic oxidation sites excluding steroid dienone is 3. The Morgan fingerprint density at radius 2 is 1.75 bits per heavy atom. The van der Waals surface area contributed by atoms with Gasteiger partial charge in [-0.05, 0) is 45.1 Å². The van der Waals surface area contributed by atoms with Crippen LogP contribution in [0.5, 0.6) is 0 Å². The number of rotatable bonds is 2. The predicted molar refractivity (Wildman–Crippen MR) is 77.8 cm³/mol. The fourth-order valence-electron chi connectivity index (χ4n) is 3.24. The third kappa shape index (κ3) is 1.89. The van der Waals surface area contributed by atoms with Gasteiger partial charge in [0.15, 0.2) is 0 Å². The van der Waals surface area contributed by atoms with Crippen molar-refractivity contribution >= 4 is 11.8 Å². The number of hydrogen-bond donors (Lipinski definition) is 0. The van der Waals surface area contributed by atoms with Gasteiger partial charge in [-0.1, -0.05) is 29.9 Å². The van der Waals surface area contributed by atoms with Gasteiger partial charge in [0, 0.05) is 11.1 Å². The first-order chi connectivity index (χ1) is 9.61. The van der Waals surface area contributed by atoms with Crippen LogP contribution in [0, 0.1) is 0 Å². The lowest BCUT2D eigenvalue weighted by Gasteiger charge is -2.27. The van der Waals surface area contributed by atoms with Crippen LogP contribution in [0.3, 0.4) is 0 Å². The molecule has 2 amide bonds. The second kappa shape index (κ2) is 4.89. The Labute approximate surface area is 119 Å². The van der Waals surface area contributed by atoms with Crippen molar-refractivity contribution in [2.24, 2.45) is 0 Å². The summed E-state index contributed by atoms with van der Waals surface area (Å²) in [6.07, 6.45) is 11.6. The van der Waals surface area contributed by atoms with Gasteiger partial charge in [-0.25, -0.2) is 0 Å². The molecule has 0 aromatic rings. The predicted octanol–water partition coefficient (Wildman–Crippen LogP) is 3.06. The summed E-state index contributed by atoms with van der Waals surface area (Å²) in [6, 6.07) is -0.175. The van der Waals surface area contributed by atoms with Crippen molar-refractivity contribution in [3.63, 3.8) is 0 Å². The molecule has 0 unspecified atom stereocenters. The zero-order chi connectivity index (χ0) is 14.3. The summed E-state index contributed by atoms with van der Waals surface area (Å²) in [5.41, 5.74) is 3.69. The lowest BCUT2D eigenvalue weighted by atomic mass is 9.93. The van der Waals surface area contributed by atoms with Gasteiger partial charge < -0.3 is 0 Å². The minimum Gasteiger partial charge on any atom is -0.269 e. The third-order valence-electron chi connectivity index (χ3n) is 4.41. The fourth-order valence-corrected chi connectivity index (χ4v) is 3.24. The van der Waals surface area contributed by atoms with Gasteiger partial charge in [-0.3, -0.25) is 14.5 Å². The second-order valence-corrected chi connectivity index (χ2v) is 5.67. The van der Waals surface area contributed by atoms with Crippen molar-refractivity contribution in [1.82, 2.24) is 4.90 Å². The molecule has 3 aliphatic rings. The number of imide groups is 1. The summed E-state index contributed by atoms with van der Waals surface area (Å²) in [4.78, 5) is 26.4. The highest BCUT2D eigenvalue weighted by Gasteiger charge is 2.40. The van der Waals surface area contributed by atoms with Crippen LogP contribution in [0.4, 0.5) is 0 Å². The Bertz CT molecular complexity index is 604. The molecule has 0 saturated carbocycles. The first-order valence-corrected chi connectivity index (χ1v) is 7.25. The molecular formula is C17H19NO2. The van der Waals surface area contributed by atoms with E-state index < -0.39 is 0 Å². The minimum absolute atomic E-state index is 0.0962. The Morgan fingerprint density at radius 3 is 2.45 bits per heavy atom. The van der Waals surface area contributed by atoms with Crippen LogP contribution in [0.15, 0.2) is 46.6 Å². The van der Waals surface area contributed by atoms with Crippen LogP contribution >= 0.6 is 0 Å². The van der Waals surface area contributed by atoms with Crippen LogP contribution in [0.1, 0.15) is 39.5 Å². The molecule has 1 heterocycles. The Morgan fingerprint density at radius 1 is 1.05 bits per heavy atom. The number of carbonyl (C=O) groups excluding carboxylic acids is 2.